The zero-order valence-corrected chi connectivity index (χ0v) is 12.0. The lowest BCUT2D eigenvalue weighted by Gasteiger charge is -2.19. The van der Waals surface area contributed by atoms with Gasteiger partial charge in [-0.2, -0.15) is 0 Å². The van der Waals surface area contributed by atoms with Gasteiger partial charge in [0.2, 0.25) is 5.43 Å². The Balaban J connectivity index is 2.16. The van der Waals surface area contributed by atoms with Crippen molar-refractivity contribution in [3.63, 3.8) is 0 Å². The highest BCUT2D eigenvalue weighted by Crippen LogP contribution is 2.22. The Labute approximate surface area is 120 Å². The van der Waals surface area contributed by atoms with Crippen LogP contribution in [0.15, 0.2) is 44.0 Å². The van der Waals surface area contributed by atoms with Crippen molar-refractivity contribution in [3.8, 4) is 0 Å². The normalized spacial score (nSPS) is 12.0. The van der Waals surface area contributed by atoms with E-state index in [-0.39, 0.29) is 28.3 Å². The molecular weight excluding hydrogens is 270 g/mol. The molecule has 5 heteroatoms. The molecule has 0 unspecified atom stereocenters. The SMILES string of the molecule is CC(C)(C)NC(=O)c1cc2c(=O)c3ccccc3oc2o1. The lowest BCUT2D eigenvalue weighted by atomic mass is 10.1. The minimum Gasteiger partial charge on any atom is -0.425 e. The van der Waals surface area contributed by atoms with Crippen molar-refractivity contribution in [2.24, 2.45) is 0 Å². The van der Waals surface area contributed by atoms with E-state index in [1.165, 1.54) is 6.07 Å². The molecule has 0 fully saturated rings. The number of benzene rings is 1. The van der Waals surface area contributed by atoms with Gasteiger partial charge in [0.05, 0.1) is 5.39 Å². The summed E-state index contributed by atoms with van der Waals surface area (Å²) in [6, 6.07) is 8.33. The number of nitrogens with one attached hydrogen (secondary N) is 1. The minimum atomic E-state index is -0.391. The lowest BCUT2D eigenvalue weighted by molar-refractivity contribution is 0.0891. The van der Waals surface area contributed by atoms with Gasteiger partial charge in [0, 0.05) is 11.6 Å². The molecule has 3 aromatic rings. The highest BCUT2D eigenvalue weighted by Gasteiger charge is 2.21. The summed E-state index contributed by atoms with van der Waals surface area (Å²) in [6.07, 6.45) is 0. The number of para-hydroxylation sites is 1. The third-order valence-corrected chi connectivity index (χ3v) is 2.99. The van der Waals surface area contributed by atoms with E-state index in [2.05, 4.69) is 5.32 Å². The van der Waals surface area contributed by atoms with E-state index in [1.54, 1.807) is 24.3 Å². The molecule has 1 aromatic carbocycles. The first-order valence-corrected chi connectivity index (χ1v) is 6.63. The lowest BCUT2D eigenvalue weighted by Crippen LogP contribution is -2.40. The van der Waals surface area contributed by atoms with Crippen LogP contribution in [0, 0.1) is 0 Å². The van der Waals surface area contributed by atoms with Gasteiger partial charge in [-0.1, -0.05) is 12.1 Å². The Morgan fingerprint density at radius 2 is 1.81 bits per heavy atom. The second-order valence-corrected chi connectivity index (χ2v) is 5.94. The standard InChI is InChI=1S/C16H15NO4/c1-16(2,3)17-14(19)12-8-10-13(18)9-6-4-5-7-11(9)20-15(10)21-12/h4-8H,1-3H3,(H,17,19). The summed E-state index contributed by atoms with van der Waals surface area (Å²) in [5.41, 5.74) is -0.157. The largest absolute Gasteiger partial charge is 0.425 e. The first-order chi connectivity index (χ1) is 9.85. The molecule has 0 aliphatic rings. The van der Waals surface area contributed by atoms with E-state index < -0.39 is 5.54 Å². The van der Waals surface area contributed by atoms with Crippen LogP contribution in [-0.2, 0) is 0 Å². The molecular formula is C16H15NO4. The van der Waals surface area contributed by atoms with Gasteiger partial charge in [-0.05, 0) is 32.9 Å². The number of carbonyl (C=O) groups is 1. The molecule has 0 saturated heterocycles. The average Bonchev–Trinajstić information content (AvgIpc) is 2.81. The fourth-order valence-electron chi connectivity index (χ4n) is 2.11. The topological polar surface area (TPSA) is 72.5 Å². The molecule has 0 atom stereocenters. The van der Waals surface area contributed by atoms with Gasteiger partial charge >= 0.3 is 5.78 Å². The Kier molecular flexibility index (Phi) is 2.86. The first-order valence-electron chi connectivity index (χ1n) is 6.63. The average molecular weight is 285 g/mol. The molecule has 2 heterocycles. The van der Waals surface area contributed by atoms with Crippen molar-refractivity contribution in [1.29, 1.82) is 0 Å². The molecule has 5 nitrogen and oxygen atoms in total. The first kappa shape index (κ1) is 13.4. The number of hydrogen-bond acceptors (Lipinski definition) is 4. The van der Waals surface area contributed by atoms with Crippen LogP contribution in [-0.4, -0.2) is 11.4 Å². The zero-order chi connectivity index (χ0) is 15.2. The maximum Gasteiger partial charge on any atom is 0.302 e. The highest BCUT2D eigenvalue weighted by atomic mass is 16.5. The summed E-state index contributed by atoms with van der Waals surface area (Å²) >= 11 is 0. The van der Waals surface area contributed by atoms with E-state index in [4.69, 9.17) is 8.83 Å². The van der Waals surface area contributed by atoms with Gasteiger partial charge < -0.3 is 14.2 Å². The van der Waals surface area contributed by atoms with Gasteiger partial charge in [0.25, 0.3) is 5.91 Å². The quantitative estimate of drug-likeness (QED) is 0.745. The molecule has 1 N–H and O–H groups in total. The molecule has 1 amide bonds. The predicted octanol–water partition coefficient (Wildman–Crippen LogP) is 3.07. The van der Waals surface area contributed by atoms with Crippen LogP contribution in [0.5, 0.6) is 0 Å². The maximum atomic E-state index is 12.4. The minimum absolute atomic E-state index is 0.0658. The number of fused-ring (bicyclic) bond motifs is 2. The van der Waals surface area contributed by atoms with Crippen LogP contribution in [0.3, 0.4) is 0 Å². The summed E-state index contributed by atoms with van der Waals surface area (Å²) in [7, 11) is 0. The molecule has 0 radical (unpaired) electrons. The second-order valence-electron chi connectivity index (χ2n) is 5.94. The van der Waals surface area contributed by atoms with E-state index in [0.29, 0.717) is 11.0 Å². The van der Waals surface area contributed by atoms with Crippen LogP contribution < -0.4 is 10.7 Å². The highest BCUT2D eigenvalue weighted by molar-refractivity contribution is 5.97. The molecule has 0 spiro atoms. The summed E-state index contributed by atoms with van der Waals surface area (Å²) in [5, 5.41) is 3.52. The van der Waals surface area contributed by atoms with Gasteiger partial charge in [0.1, 0.15) is 11.0 Å². The number of rotatable bonds is 1. The zero-order valence-electron chi connectivity index (χ0n) is 12.0. The molecule has 0 saturated carbocycles. The van der Waals surface area contributed by atoms with Gasteiger partial charge in [0.15, 0.2) is 5.76 Å². The Hall–Kier alpha value is -2.56. The van der Waals surface area contributed by atoms with Crippen LogP contribution in [0.2, 0.25) is 0 Å². The molecule has 0 aliphatic heterocycles. The summed E-state index contributed by atoms with van der Waals surface area (Å²) in [6.45, 7) is 5.60. The second kappa shape index (κ2) is 4.48. The number of furan rings is 1. The number of amides is 1. The van der Waals surface area contributed by atoms with Crippen LogP contribution in [0.4, 0.5) is 0 Å². The van der Waals surface area contributed by atoms with E-state index in [9.17, 15) is 9.59 Å². The van der Waals surface area contributed by atoms with E-state index in [0.717, 1.165) is 0 Å². The Morgan fingerprint density at radius 1 is 1.10 bits per heavy atom. The molecule has 21 heavy (non-hydrogen) atoms. The van der Waals surface area contributed by atoms with Crippen LogP contribution in [0.1, 0.15) is 31.3 Å². The third kappa shape index (κ3) is 2.42. The summed E-state index contributed by atoms with van der Waals surface area (Å²) < 4.78 is 10.9. The molecule has 0 bridgehead atoms. The fourth-order valence-corrected chi connectivity index (χ4v) is 2.11. The van der Waals surface area contributed by atoms with Crippen LogP contribution in [0.25, 0.3) is 22.1 Å². The van der Waals surface area contributed by atoms with E-state index >= 15 is 0 Å². The van der Waals surface area contributed by atoms with Crippen molar-refractivity contribution >= 4 is 28.0 Å². The Bertz CT molecular complexity index is 896. The van der Waals surface area contributed by atoms with Gasteiger partial charge in [-0.25, -0.2) is 0 Å². The summed E-state index contributed by atoms with van der Waals surface area (Å²) in [4.78, 5) is 24.4. The Morgan fingerprint density at radius 3 is 2.52 bits per heavy atom. The number of carbonyl (C=O) groups excluding carboxylic acids is 1. The van der Waals surface area contributed by atoms with Crippen molar-refractivity contribution in [2.75, 3.05) is 0 Å². The molecule has 108 valence electrons. The number of hydrogen-bond donors (Lipinski definition) is 1. The van der Waals surface area contributed by atoms with Crippen molar-refractivity contribution < 1.29 is 13.6 Å². The predicted molar refractivity (Wildman–Crippen MR) is 79.5 cm³/mol. The maximum absolute atomic E-state index is 12.4. The van der Waals surface area contributed by atoms with Crippen molar-refractivity contribution in [2.45, 2.75) is 26.3 Å². The molecule has 3 rings (SSSR count). The van der Waals surface area contributed by atoms with Crippen molar-refractivity contribution in [1.82, 2.24) is 5.32 Å². The summed E-state index contributed by atoms with van der Waals surface area (Å²) in [5.74, 6) is -0.244. The fraction of sp³-hybridized carbons (Fsp3) is 0.250. The van der Waals surface area contributed by atoms with Gasteiger partial charge in [-0.15, -0.1) is 0 Å². The molecule has 2 aromatic heterocycles. The van der Waals surface area contributed by atoms with Crippen LogP contribution >= 0.6 is 0 Å². The van der Waals surface area contributed by atoms with Crippen molar-refractivity contribution in [3.05, 3.63) is 46.3 Å². The van der Waals surface area contributed by atoms with E-state index in [1.807, 2.05) is 20.8 Å². The third-order valence-electron chi connectivity index (χ3n) is 2.99. The van der Waals surface area contributed by atoms with Gasteiger partial charge in [-0.3, -0.25) is 9.59 Å². The monoisotopic (exact) mass is 285 g/mol. The smallest absolute Gasteiger partial charge is 0.302 e. The molecule has 0 aliphatic carbocycles.